The van der Waals surface area contributed by atoms with E-state index in [1.54, 1.807) is 0 Å². The van der Waals surface area contributed by atoms with E-state index in [4.69, 9.17) is 18.3 Å². The van der Waals surface area contributed by atoms with Crippen molar-refractivity contribution >= 4 is 112 Å². The molecule has 4 aliphatic rings. The van der Waals surface area contributed by atoms with Crippen LogP contribution in [0.2, 0.25) is 0 Å². The van der Waals surface area contributed by atoms with Crippen molar-refractivity contribution in [2.24, 2.45) is 0 Å². The summed E-state index contributed by atoms with van der Waals surface area (Å²) in [5.74, 6) is 3.18. The Hall–Kier alpha value is -6.33. The first-order chi connectivity index (χ1) is 24.3. The average Bonchev–Trinajstić information content (AvgIpc) is 3.83. The zero-order chi connectivity index (χ0) is 31.3. The van der Waals surface area contributed by atoms with Crippen LogP contribution in [0.3, 0.4) is 0 Å². The predicted molar refractivity (Wildman–Crippen MR) is 198 cm³/mol. The second-order valence-electron chi connectivity index (χ2n) is 13.9. The zero-order valence-electron chi connectivity index (χ0n) is 25.7. The van der Waals surface area contributed by atoms with E-state index in [1.807, 2.05) is 24.3 Å². The number of furan rings is 2. The lowest BCUT2D eigenvalue weighted by Gasteiger charge is -2.40. The lowest BCUT2D eigenvalue weighted by atomic mass is 9.30. The summed E-state index contributed by atoms with van der Waals surface area (Å²) in [4.78, 5) is 0. The molecule has 3 aromatic heterocycles. The Bertz CT molecular complexity index is 3050. The van der Waals surface area contributed by atoms with Gasteiger partial charge in [-0.2, -0.15) is 0 Å². The minimum atomic E-state index is -0.0291. The van der Waals surface area contributed by atoms with Crippen LogP contribution in [0, 0.1) is 0 Å². The summed E-state index contributed by atoms with van der Waals surface area (Å²) in [6, 6.07) is 41.1. The van der Waals surface area contributed by atoms with Crippen molar-refractivity contribution in [2.45, 2.75) is 0 Å². The molecule has 0 saturated heterocycles. The molecule has 222 valence electrons. The van der Waals surface area contributed by atoms with Crippen molar-refractivity contribution in [3.63, 3.8) is 0 Å². The Labute approximate surface area is 278 Å². The summed E-state index contributed by atoms with van der Waals surface area (Å²) in [6.07, 6.45) is 0. The molecule has 0 N–H and O–H groups in total. The molecule has 0 bridgehead atoms. The summed E-state index contributed by atoms with van der Waals surface area (Å²) in [7, 11) is 0. The number of aromatic nitrogens is 1. The highest BCUT2D eigenvalue weighted by atomic mass is 16.5. The fourth-order valence-corrected chi connectivity index (χ4v) is 9.88. The van der Waals surface area contributed by atoms with Gasteiger partial charge in [0.15, 0.2) is 22.7 Å². The van der Waals surface area contributed by atoms with Crippen molar-refractivity contribution in [1.29, 1.82) is 0 Å². The van der Waals surface area contributed by atoms with Crippen molar-refractivity contribution in [2.75, 3.05) is 0 Å². The molecule has 4 aliphatic heterocycles. The molecule has 0 atom stereocenters. The molecule has 0 fully saturated rings. The van der Waals surface area contributed by atoms with Crippen molar-refractivity contribution in [3.05, 3.63) is 115 Å². The maximum absolute atomic E-state index is 7.06. The van der Waals surface area contributed by atoms with Crippen molar-refractivity contribution in [1.82, 2.24) is 4.57 Å². The maximum Gasteiger partial charge on any atom is 0.256 e. The Balaban J connectivity index is 1.16. The number of ether oxygens (including phenoxy) is 2. The summed E-state index contributed by atoms with van der Waals surface area (Å²) in [5.41, 5.74) is 14.2. The SMILES string of the molecule is c1ccc2c(c1)oc1c3c(ccc12)B1c2c(cc4c5c2-n2c6c1cccc6c1cccc(c12)B5c1ccc2c(oc5ccccc52)c1O4)O3. The van der Waals surface area contributed by atoms with Gasteiger partial charge in [0.05, 0.1) is 0 Å². The average molecular weight is 623 g/mol. The van der Waals surface area contributed by atoms with E-state index in [1.165, 1.54) is 49.3 Å². The monoisotopic (exact) mass is 623 g/mol. The van der Waals surface area contributed by atoms with Crippen LogP contribution in [-0.4, -0.2) is 18.0 Å². The molecule has 7 heteroatoms. The topological polar surface area (TPSA) is 49.7 Å². The van der Waals surface area contributed by atoms with Gasteiger partial charge in [-0.1, -0.05) is 97.1 Å². The number of nitrogens with zero attached hydrogens (tertiary/aromatic N) is 1. The third-order valence-electron chi connectivity index (χ3n) is 11.7. The van der Waals surface area contributed by atoms with Crippen LogP contribution in [0.15, 0.2) is 124 Å². The van der Waals surface area contributed by atoms with E-state index in [2.05, 4.69) is 95.6 Å². The van der Waals surface area contributed by atoms with E-state index in [0.29, 0.717) is 0 Å². The van der Waals surface area contributed by atoms with Crippen molar-refractivity contribution < 1.29 is 18.3 Å². The van der Waals surface area contributed by atoms with Gasteiger partial charge in [0, 0.05) is 55.1 Å². The summed E-state index contributed by atoms with van der Waals surface area (Å²) in [5, 5.41) is 6.83. The van der Waals surface area contributed by atoms with Gasteiger partial charge >= 0.3 is 0 Å². The fourth-order valence-electron chi connectivity index (χ4n) is 9.88. The Morgan fingerprint density at radius 3 is 1.45 bits per heavy atom. The summed E-state index contributed by atoms with van der Waals surface area (Å²) < 4.78 is 29.8. The van der Waals surface area contributed by atoms with Gasteiger partial charge in [-0.25, -0.2) is 0 Å². The number of hydrogen-bond donors (Lipinski definition) is 0. The highest BCUT2D eigenvalue weighted by molar-refractivity contribution is 7.03. The number of benzene rings is 7. The highest BCUT2D eigenvalue weighted by Crippen LogP contribution is 2.46. The van der Waals surface area contributed by atoms with Gasteiger partial charge in [0.2, 0.25) is 0 Å². The van der Waals surface area contributed by atoms with E-state index >= 15 is 0 Å². The van der Waals surface area contributed by atoms with E-state index in [-0.39, 0.29) is 13.4 Å². The predicted octanol–water partition coefficient (Wildman–Crippen LogP) is 6.45. The first kappa shape index (κ1) is 23.9. The molecule has 10 aromatic rings. The number of rotatable bonds is 0. The largest absolute Gasteiger partial charge is 0.454 e. The van der Waals surface area contributed by atoms with Crippen LogP contribution in [0.25, 0.3) is 71.4 Å². The van der Waals surface area contributed by atoms with Gasteiger partial charge in [0.1, 0.15) is 22.7 Å². The van der Waals surface area contributed by atoms with Crippen LogP contribution in [0.4, 0.5) is 0 Å². The molecule has 14 rings (SSSR count). The third-order valence-corrected chi connectivity index (χ3v) is 11.7. The molecule has 0 unspecified atom stereocenters. The quantitative estimate of drug-likeness (QED) is 0.182. The normalized spacial score (nSPS) is 14.4. The second-order valence-corrected chi connectivity index (χ2v) is 13.9. The van der Waals surface area contributed by atoms with Gasteiger partial charge < -0.3 is 22.9 Å². The van der Waals surface area contributed by atoms with Crippen molar-refractivity contribution in [3.8, 4) is 28.7 Å². The maximum atomic E-state index is 7.06. The van der Waals surface area contributed by atoms with Crippen LogP contribution in [0.5, 0.6) is 23.0 Å². The van der Waals surface area contributed by atoms with Crippen LogP contribution in [0.1, 0.15) is 0 Å². The number of hydrogen-bond acceptors (Lipinski definition) is 4. The molecule has 0 radical (unpaired) electrons. The van der Waals surface area contributed by atoms with E-state index < -0.39 is 0 Å². The fraction of sp³-hybridized carbons (Fsp3) is 0. The minimum Gasteiger partial charge on any atom is -0.454 e. The smallest absolute Gasteiger partial charge is 0.256 e. The standard InChI is InChI=1S/C42H19B2NO4/c1-3-13-30-20(7-1)24-15-17-28-41(39(24)46-30)48-32-19-33-35-38-34(32)43(28)26-11-5-9-22-23-10-6-12-27(37(23)45(38)36(22)26)44(35)29-18-16-25-21-8-2-4-14-31(21)47-40(25)42(29)49-33/h1-19H. The molecular weight excluding hydrogens is 604 g/mol. The Kier molecular flexibility index (Phi) is 3.75. The zero-order valence-corrected chi connectivity index (χ0v) is 25.7. The lowest BCUT2D eigenvalue weighted by molar-refractivity contribution is 0.460. The van der Waals surface area contributed by atoms with E-state index in [9.17, 15) is 0 Å². The Morgan fingerprint density at radius 1 is 0.429 bits per heavy atom. The molecule has 5 nitrogen and oxygen atoms in total. The van der Waals surface area contributed by atoms with Crippen LogP contribution < -0.4 is 42.3 Å². The molecule has 0 amide bonds. The number of fused-ring (bicyclic) bond motifs is 15. The molecule has 49 heavy (non-hydrogen) atoms. The first-order valence-electron chi connectivity index (χ1n) is 16.8. The van der Waals surface area contributed by atoms with Gasteiger partial charge in [0.25, 0.3) is 13.4 Å². The minimum absolute atomic E-state index is 0.0291. The summed E-state index contributed by atoms with van der Waals surface area (Å²) >= 11 is 0. The summed E-state index contributed by atoms with van der Waals surface area (Å²) in [6.45, 7) is -0.0581. The van der Waals surface area contributed by atoms with E-state index in [0.717, 1.165) is 77.8 Å². The molecule has 7 aromatic carbocycles. The Morgan fingerprint density at radius 2 is 0.918 bits per heavy atom. The molecular formula is C42H19B2NO4. The molecule has 0 aliphatic carbocycles. The van der Waals surface area contributed by atoms with Crippen LogP contribution in [-0.2, 0) is 0 Å². The van der Waals surface area contributed by atoms with Crippen LogP contribution >= 0.6 is 0 Å². The molecule has 7 heterocycles. The van der Waals surface area contributed by atoms with Gasteiger partial charge in [-0.15, -0.1) is 0 Å². The van der Waals surface area contributed by atoms with Gasteiger partial charge in [-0.3, -0.25) is 0 Å². The highest BCUT2D eigenvalue weighted by Gasteiger charge is 2.49. The second kappa shape index (κ2) is 7.69. The third kappa shape index (κ3) is 2.51. The van der Waals surface area contributed by atoms with Gasteiger partial charge in [-0.05, 0) is 44.9 Å². The molecule has 0 saturated carbocycles. The lowest BCUT2D eigenvalue weighted by Crippen LogP contribution is -2.65. The first-order valence-corrected chi connectivity index (χ1v) is 16.8. The number of para-hydroxylation sites is 4. The molecule has 0 spiro atoms.